The molecule has 0 aliphatic carbocycles. The van der Waals surface area contributed by atoms with Crippen molar-refractivity contribution >= 4 is 6.03 Å². The molecule has 1 aromatic carbocycles. The maximum absolute atomic E-state index is 12.0. The Morgan fingerprint density at radius 1 is 1.24 bits per heavy atom. The summed E-state index contributed by atoms with van der Waals surface area (Å²) in [6.07, 6.45) is 0.826. The van der Waals surface area contributed by atoms with Crippen LogP contribution in [0.4, 0.5) is 4.79 Å². The zero-order valence-corrected chi connectivity index (χ0v) is 10.6. The van der Waals surface area contributed by atoms with Gasteiger partial charge < -0.3 is 15.5 Å². The Morgan fingerprint density at radius 2 is 1.88 bits per heavy atom. The van der Waals surface area contributed by atoms with Gasteiger partial charge in [-0.2, -0.15) is 0 Å². The van der Waals surface area contributed by atoms with Crippen molar-refractivity contribution in [2.45, 2.75) is 13.0 Å². The van der Waals surface area contributed by atoms with Crippen LogP contribution in [0.25, 0.3) is 0 Å². The van der Waals surface area contributed by atoms with Crippen molar-refractivity contribution in [3.63, 3.8) is 0 Å². The molecule has 0 heterocycles. The summed E-state index contributed by atoms with van der Waals surface area (Å²) in [7, 11) is 3.53. The molecule has 94 valence electrons. The van der Waals surface area contributed by atoms with Crippen LogP contribution in [0, 0.1) is 0 Å². The van der Waals surface area contributed by atoms with E-state index in [0.29, 0.717) is 19.6 Å². The Bertz CT molecular complexity index is 338. The highest BCUT2D eigenvalue weighted by Gasteiger charge is 2.14. The maximum Gasteiger partial charge on any atom is 0.319 e. The number of urea groups is 1. The van der Waals surface area contributed by atoms with Crippen LogP contribution in [0.1, 0.15) is 12.0 Å². The summed E-state index contributed by atoms with van der Waals surface area (Å²) in [5.41, 5.74) is 6.63. The van der Waals surface area contributed by atoms with Crippen LogP contribution in [0.15, 0.2) is 30.3 Å². The second-order valence-corrected chi connectivity index (χ2v) is 4.23. The molecule has 0 radical (unpaired) electrons. The largest absolute Gasteiger partial charge is 0.331 e. The van der Waals surface area contributed by atoms with E-state index in [-0.39, 0.29) is 6.03 Å². The third kappa shape index (κ3) is 4.44. The molecule has 0 saturated carbocycles. The van der Waals surface area contributed by atoms with E-state index in [1.807, 2.05) is 35.2 Å². The second kappa shape index (κ2) is 6.91. The minimum atomic E-state index is 0.0299. The van der Waals surface area contributed by atoms with Gasteiger partial charge in [0.25, 0.3) is 0 Å². The van der Waals surface area contributed by atoms with E-state index in [2.05, 4.69) is 0 Å². The maximum atomic E-state index is 12.0. The highest BCUT2D eigenvalue weighted by molar-refractivity contribution is 5.73. The molecule has 0 aliphatic heterocycles. The summed E-state index contributed by atoms with van der Waals surface area (Å²) < 4.78 is 0. The summed E-state index contributed by atoms with van der Waals surface area (Å²) in [5.74, 6) is 0. The number of benzene rings is 1. The first kappa shape index (κ1) is 13.5. The normalized spacial score (nSPS) is 10.1. The van der Waals surface area contributed by atoms with Crippen LogP contribution in [-0.4, -0.2) is 43.0 Å². The van der Waals surface area contributed by atoms with Crippen molar-refractivity contribution in [1.82, 2.24) is 9.80 Å². The lowest BCUT2D eigenvalue weighted by molar-refractivity contribution is 0.168. The minimum Gasteiger partial charge on any atom is -0.331 e. The van der Waals surface area contributed by atoms with Gasteiger partial charge in [-0.3, -0.25) is 0 Å². The van der Waals surface area contributed by atoms with Crippen LogP contribution in [0.5, 0.6) is 0 Å². The van der Waals surface area contributed by atoms with Crippen molar-refractivity contribution in [3.05, 3.63) is 35.9 Å². The molecule has 2 N–H and O–H groups in total. The van der Waals surface area contributed by atoms with Gasteiger partial charge in [0.1, 0.15) is 0 Å². The predicted molar refractivity (Wildman–Crippen MR) is 69.6 cm³/mol. The van der Waals surface area contributed by atoms with Gasteiger partial charge >= 0.3 is 6.03 Å². The summed E-state index contributed by atoms with van der Waals surface area (Å²) in [6, 6.07) is 10.0. The molecule has 0 aliphatic rings. The van der Waals surface area contributed by atoms with Gasteiger partial charge in [0.2, 0.25) is 0 Å². The van der Waals surface area contributed by atoms with Gasteiger partial charge in [0, 0.05) is 27.2 Å². The SMILES string of the molecule is CN(C)C(=O)N(CCCN)Cc1ccccc1. The molecule has 0 spiro atoms. The second-order valence-electron chi connectivity index (χ2n) is 4.23. The molecule has 17 heavy (non-hydrogen) atoms. The highest BCUT2D eigenvalue weighted by atomic mass is 16.2. The molecule has 4 heteroatoms. The summed E-state index contributed by atoms with van der Waals surface area (Å²) >= 11 is 0. The number of hydrogen-bond acceptors (Lipinski definition) is 2. The number of carbonyl (C=O) groups excluding carboxylic acids is 1. The van der Waals surface area contributed by atoms with Crippen LogP contribution in [0.2, 0.25) is 0 Å². The number of amides is 2. The fourth-order valence-electron chi connectivity index (χ4n) is 1.61. The molecule has 0 unspecified atom stereocenters. The standard InChI is InChI=1S/C13H21N3O/c1-15(2)13(17)16(10-6-9-14)11-12-7-4-3-5-8-12/h3-5,7-8H,6,9-11,14H2,1-2H3. The van der Waals surface area contributed by atoms with E-state index in [1.165, 1.54) is 0 Å². The first-order valence-electron chi connectivity index (χ1n) is 5.85. The molecule has 2 amide bonds. The van der Waals surface area contributed by atoms with Gasteiger partial charge in [-0.05, 0) is 18.5 Å². The number of nitrogens with zero attached hydrogens (tertiary/aromatic N) is 2. The van der Waals surface area contributed by atoms with Crippen molar-refractivity contribution < 1.29 is 4.79 Å². The molecule has 1 aromatic rings. The lowest BCUT2D eigenvalue weighted by Gasteiger charge is -2.26. The Kier molecular flexibility index (Phi) is 5.49. The summed E-state index contributed by atoms with van der Waals surface area (Å²) in [4.78, 5) is 15.4. The fourth-order valence-corrected chi connectivity index (χ4v) is 1.61. The third-order valence-electron chi connectivity index (χ3n) is 2.50. The van der Waals surface area contributed by atoms with E-state index in [0.717, 1.165) is 12.0 Å². The van der Waals surface area contributed by atoms with Gasteiger partial charge in [-0.15, -0.1) is 0 Å². The summed E-state index contributed by atoms with van der Waals surface area (Å²) in [6.45, 7) is 1.94. The molecular formula is C13H21N3O. The Labute approximate surface area is 103 Å². The van der Waals surface area contributed by atoms with Gasteiger partial charge in [-0.25, -0.2) is 4.79 Å². The summed E-state index contributed by atoms with van der Waals surface area (Å²) in [5, 5.41) is 0. The zero-order valence-electron chi connectivity index (χ0n) is 10.6. The van der Waals surface area contributed by atoms with Crippen LogP contribution in [-0.2, 0) is 6.54 Å². The average molecular weight is 235 g/mol. The van der Waals surface area contributed by atoms with Gasteiger partial charge in [0.05, 0.1) is 0 Å². The highest BCUT2D eigenvalue weighted by Crippen LogP contribution is 2.06. The van der Waals surface area contributed by atoms with Crippen molar-refractivity contribution in [2.75, 3.05) is 27.2 Å². The molecule has 1 rings (SSSR count). The first-order valence-corrected chi connectivity index (χ1v) is 5.85. The van der Waals surface area contributed by atoms with Crippen LogP contribution >= 0.6 is 0 Å². The fraction of sp³-hybridized carbons (Fsp3) is 0.462. The van der Waals surface area contributed by atoms with Crippen LogP contribution < -0.4 is 5.73 Å². The lowest BCUT2D eigenvalue weighted by atomic mass is 10.2. The Morgan fingerprint density at radius 3 is 2.41 bits per heavy atom. The van der Waals surface area contributed by atoms with Gasteiger partial charge in [-0.1, -0.05) is 30.3 Å². The molecule has 0 aromatic heterocycles. The smallest absolute Gasteiger partial charge is 0.319 e. The van der Waals surface area contributed by atoms with E-state index < -0.39 is 0 Å². The van der Waals surface area contributed by atoms with E-state index >= 15 is 0 Å². The first-order chi connectivity index (χ1) is 8.15. The number of nitrogens with two attached hydrogens (primary N) is 1. The van der Waals surface area contributed by atoms with E-state index in [4.69, 9.17) is 5.73 Å². The van der Waals surface area contributed by atoms with Gasteiger partial charge in [0.15, 0.2) is 0 Å². The van der Waals surface area contributed by atoms with Crippen molar-refractivity contribution in [3.8, 4) is 0 Å². The van der Waals surface area contributed by atoms with Crippen molar-refractivity contribution in [2.24, 2.45) is 5.73 Å². The van der Waals surface area contributed by atoms with Crippen molar-refractivity contribution in [1.29, 1.82) is 0 Å². The number of rotatable bonds is 5. The number of hydrogen-bond donors (Lipinski definition) is 1. The molecular weight excluding hydrogens is 214 g/mol. The molecule has 0 saturated heterocycles. The molecule has 0 fully saturated rings. The van der Waals surface area contributed by atoms with Crippen LogP contribution in [0.3, 0.4) is 0 Å². The molecule has 0 bridgehead atoms. The predicted octanol–water partition coefficient (Wildman–Crippen LogP) is 1.52. The van der Waals surface area contributed by atoms with E-state index in [1.54, 1.807) is 19.0 Å². The Hall–Kier alpha value is -1.55. The minimum absolute atomic E-state index is 0.0299. The topological polar surface area (TPSA) is 49.6 Å². The lowest BCUT2D eigenvalue weighted by Crippen LogP contribution is -2.39. The monoisotopic (exact) mass is 235 g/mol. The third-order valence-corrected chi connectivity index (χ3v) is 2.50. The van der Waals surface area contributed by atoms with E-state index in [9.17, 15) is 4.79 Å². The Balaban J connectivity index is 2.66. The molecule has 4 nitrogen and oxygen atoms in total. The zero-order chi connectivity index (χ0) is 12.7. The molecule has 0 atom stereocenters. The quantitative estimate of drug-likeness (QED) is 0.841. The average Bonchev–Trinajstić information content (AvgIpc) is 2.34. The number of carbonyl (C=O) groups is 1.